The molecule has 9 heteroatoms. The summed E-state index contributed by atoms with van der Waals surface area (Å²) >= 11 is 0. The van der Waals surface area contributed by atoms with Crippen LogP contribution in [-0.4, -0.2) is 56.8 Å². The zero-order chi connectivity index (χ0) is 20.5. The van der Waals surface area contributed by atoms with Crippen molar-refractivity contribution in [3.05, 3.63) is 57.8 Å². The molecule has 1 fully saturated rings. The molecule has 2 aromatic heterocycles. The fourth-order valence-corrected chi connectivity index (χ4v) is 3.78. The molecular weight excluding hydrogens is 376 g/mol. The second-order valence-electron chi connectivity index (χ2n) is 7.26. The standard InChI is InChI=1S/C20H22N4O5/c1-12-5-8-29-15-11-23-10-14(17(25)18(26)16(23)20(28)24(12)15)19(27)22-7-4-13-3-2-6-21-9-13/h2-3,6,9-10,12,15,26H,4-5,7-8,11H2,1H3,(H,22,27)/t12-,15+/m1/s1. The molecule has 2 aromatic rings. The number of aromatic hydroxyl groups is 1. The van der Waals surface area contributed by atoms with Gasteiger partial charge < -0.3 is 24.6 Å². The average molecular weight is 398 g/mol. The summed E-state index contributed by atoms with van der Waals surface area (Å²) in [5, 5.41) is 13.1. The van der Waals surface area contributed by atoms with Gasteiger partial charge in [0.15, 0.2) is 17.7 Å². The maximum atomic E-state index is 12.9. The molecule has 29 heavy (non-hydrogen) atoms. The molecule has 2 amide bonds. The van der Waals surface area contributed by atoms with Crippen LogP contribution < -0.4 is 10.7 Å². The molecular formula is C20H22N4O5. The first-order valence-electron chi connectivity index (χ1n) is 9.55. The van der Waals surface area contributed by atoms with Crippen LogP contribution in [-0.2, 0) is 17.7 Å². The summed E-state index contributed by atoms with van der Waals surface area (Å²) < 4.78 is 7.12. The number of hydrogen-bond donors (Lipinski definition) is 2. The molecule has 2 aliphatic heterocycles. The minimum Gasteiger partial charge on any atom is -0.503 e. The quantitative estimate of drug-likeness (QED) is 0.776. The summed E-state index contributed by atoms with van der Waals surface area (Å²) in [5.74, 6) is -1.77. The summed E-state index contributed by atoms with van der Waals surface area (Å²) in [4.78, 5) is 43.5. The SMILES string of the molecule is C[C@@H]1CCO[C@H]2Cn3cc(C(=O)NCCc4cccnc4)c(=O)c(O)c3C(=O)N12. The highest BCUT2D eigenvalue weighted by atomic mass is 16.5. The van der Waals surface area contributed by atoms with Gasteiger partial charge in [-0.1, -0.05) is 6.07 Å². The van der Waals surface area contributed by atoms with Gasteiger partial charge in [0.2, 0.25) is 5.43 Å². The number of ether oxygens (including phenoxy) is 1. The van der Waals surface area contributed by atoms with Gasteiger partial charge in [0.1, 0.15) is 5.56 Å². The predicted octanol–water partition coefficient (Wildman–Crippen LogP) is 0.512. The van der Waals surface area contributed by atoms with Crippen molar-refractivity contribution < 1.29 is 19.4 Å². The number of carbonyl (C=O) groups excluding carboxylic acids is 2. The van der Waals surface area contributed by atoms with Gasteiger partial charge in [0.05, 0.1) is 13.2 Å². The van der Waals surface area contributed by atoms with Gasteiger partial charge in [-0.05, 0) is 31.4 Å². The number of pyridine rings is 2. The molecule has 2 N–H and O–H groups in total. The zero-order valence-electron chi connectivity index (χ0n) is 16.0. The van der Waals surface area contributed by atoms with E-state index in [1.807, 2.05) is 13.0 Å². The molecule has 2 aliphatic rings. The molecule has 0 spiro atoms. The lowest BCUT2D eigenvalue weighted by atomic mass is 10.1. The third kappa shape index (κ3) is 3.49. The van der Waals surface area contributed by atoms with Crippen LogP contribution in [0.4, 0.5) is 0 Å². The normalized spacial score (nSPS) is 20.7. The third-order valence-electron chi connectivity index (χ3n) is 5.34. The Morgan fingerprint density at radius 1 is 1.41 bits per heavy atom. The first kappa shape index (κ1) is 19.1. The molecule has 0 radical (unpaired) electrons. The first-order chi connectivity index (χ1) is 14.0. The first-order valence-corrected chi connectivity index (χ1v) is 9.55. The summed E-state index contributed by atoms with van der Waals surface area (Å²) in [6.45, 7) is 2.98. The van der Waals surface area contributed by atoms with Crippen LogP contribution >= 0.6 is 0 Å². The molecule has 0 unspecified atom stereocenters. The largest absolute Gasteiger partial charge is 0.503 e. The maximum Gasteiger partial charge on any atom is 0.276 e. The van der Waals surface area contributed by atoms with Crippen LogP contribution in [0.5, 0.6) is 5.75 Å². The lowest BCUT2D eigenvalue weighted by Gasteiger charge is -2.44. The van der Waals surface area contributed by atoms with Gasteiger partial charge >= 0.3 is 0 Å². The van der Waals surface area contributed by atoms with Gasteiger partial charge in [-0.3, -0.25) is 19.4 Å². The van der Waals surface area contributed by atoms with Crippen LogP contribution in [0.1, 0.15) is 39.8 Å². The van der Waals surface area contributed by atoms with Crippen LogP contribution in [0.25, 0.3) is 0 Å². The Morgan fingerprint density at radius 2 is 2.24 bits per heavy atom. The zero-order valence-corrected chi connectivity index (χ0v) is 16.0. The Balaban J connectivity index is 1.57. The number of amides is 2. The minimum absolute atomic E-state index is 0.0556. The van der Waals surface area contributed by atoms with E-state index in [4.69, 9.17) is 4.74 Å². The van der Waals surface area contributed by atoms with Gasteiger partial charge in [-0.15, -0.1) is 0 Å². The van der Waals surface area contributed by atoms with Crippen LogP contribution in [0, 0.1) is 0 Å². The summed E-state index contributed by atoms with van der Waals surface area (Å²) in [6, 6.07) is 3.64. The van der Waals surface area contributed by atoms with E-state index in [0.717, 1.165) is 5.56 Å². The molecule has 0 bridgehead atoms. The molecule has 1 saturated heterocycles. The van der Waals surface area contributed by atoms with Crippen LogP contribution in [0.15, 0.2) is 35.5 Å². The lowest BCUT2D eigenvalue weighted by Crippen LogP contribution is -2.57. The second-order valence-corrected chi connectivity index (χ2v) is 7.26. The Kier molecular flexibility index (Phi) is 5.06. The van der Waals surface area contributed by atoms with E-state index in [1.165, 1.54) is 10.8 Å². The average Bonchev–Trinajstić information content (AvgIpc) is 2.71. The van der Waals surface area contributed by atoms with E-state index >= 15 is 0 Å². The van der Waals surface area contributed by atoms with Gasteiger partial charge in [0, 0.05) is 31.2 Å². The number of aromatic nitrogens is 2. The van der Waals surface area contributed by atoms with Crippen molar-refractivity contribution in [1.29, 1.82) is 0 Å². The predicted molar refractivity (Wildman–Crippen MR) is 103 cm³/mol. The summed E-state index contributed by atoms with van der Waals surface area (Å²) in [6.07, 6.45) is 5.45. The third-order valence-corrected chi connectivity index (χ3v) is 5.34. The number of nitrogens with zero attached hydrogens (tertiary/aromatic N) is 3. The summed E-state index contributed by atoms with van der Waals surface area (Å²) in [5.41, 5.74) is -0.211. The van der Waals surface area contributed by atoms with Crippen LogP contribution in [0.3, 0.4) is 0 Å². The van der Waals surface area contributed by atoms with Crippen LogP contribution in [0.2, 0.25) is 0 Å². The van der Waals surface area contributed by atoms with Gasteiger partial charge in [-0.2, -0.15) is 0 Å². The maximum absolute atomic E-state index is 12.9. The number of fused-ring (bicyclic) bond motifs is 2. The van der Waals surface area contributed by atoms with E-state index in [1.54, 1.807) is 23.4 Å². The molecule has 4 heterocycles. The van der Waals surface area contributed by atoms with Crippen molar-refractivity contribution >= 4 is 11.8 Å². The Bertz CT molecular complexity index is 1000. The van der Waals surface area contributed by atoms with Crippen molar-refractivity contribution in [1.82, 2.24) is 19.8 Å². The molecule has 2 atom stereocenters. The van der Waals surface area contributed by atoms with Crippen molar-refractivity contribution in [2.24, 2.45) is 0 Å². The van der Waals surface area contributed by atoms with E-state index < -0.39 is 29.2 Å². The fraction of sp³-hybridized carbons (Fsp3) is 0.400. The molecule has 0 aromatic carbocycles. The van der Waals surface area contributed by atoms with E-state index in [9.17, 15) is 19.5 Å². The Labute approximate surface area is 166 Å². The van der Waals surface area contributed by atoms with Crippen molar-refractivity contribution in [3.63, 3.8) is 0 Å². The monoisotopic (exact) mass is 398 g/mol. The van der Waals surface area contributed by atoms with E-state index in [-0.39, 0.29) is 23.8 Å². The highest BCUT2D eigenvalue weighted by molar-refractivity contribution is 5.99. The molecule has 0 aliphatic carbocycles. The van der Waals surface area contributed by atoms with Crippen molar-refractivity contribution in [2.75, 3.05) is 13.2 Å². The molecule has 4 rings (SSSR count). The smallest absolute Gasteiger partial charge is 0.276 e. The molecule has 152 valence electrons. The number of carbonyl (C=O) groups is 2. The van der Waals surface area contributed by atoms with Crippen molar-refractivity contribution in [3.8, 4) is 5.75 Å². The fourth-order valence-electron chi connectivity index (χ4n) is 3.78. The lowest BCUT2D eigenvalue weighted by molar-refractivity contribution is -0.112. The topological polar surface area (TPSA) is 114 Å². The van der Waals surface area contributed by atoms with Gasteiger partial charge in [-0.25, -0.2) is 0 Å². The Morgan fingerprint density at radius 3 is 3.00 bits per heavy atom. The Hall–Kier alpha value is -3.20. The second kappa shape index (κ2) is 7.67. The van der Waals surface area contributed by atoms with Gasteiger partial charge in [0.25, 0.3) is 11.8 Å². The van der Waals surface area contributed by atoms with E-state index in [0.29, 0.717) is 26.0 Å². The van der Waals surface area contributed by atoms with E-state index in [2.05, 4.69) is 10.3 Å². The highest BCUT2D eigenvalue weighted by Gasteiger charge is 2.40. The number of hydrogen-bond acceptors (Lipinski definition) is 6. The summed E-state index contributed by atoms with van der Waals surface area (Å²) in [7, 11) is 0. The number of nitrogens with one attached hydrogen (secondary N) is 1. The minimum atomic E-state index is -0.854. The van der Waals surface area contributed by atoms with Crippen molar-refractivity contribution in [2.45, 2.75) is 38.6 Å². The highest BCUT2D eigenvalue weighted by Crippen LogP contribution is 2.29. The molecule has 9 nitrogen and oxygen atoms in total. The number of rotatable bonds is 4. The molecule has 0 saturated carbocycles.